The fraction of sp³-hybridized carbons (Fsp3) is 0.556. The van der Waals surface area contributed by atoms with Gasteiger partial charge in [-0.15, -0.1) is 0 Å². The van der Waals surface area contributed by atoms with Gasteiger partial charge in [-0.2, -0.15) is 0 Å². The summed E-state index contributed by atoms with van der Waals surface area (Å²) in [4.78, 5) is 20.7. The first-order valence-corrected chi connectivity index (χ1v) is 3.90. The Morgan fingerprint density at radius 3 is 2.31 bits per heavy atom. The summed E-state index contributed by atoms with van der Waals surface area (Å²) in [5, 5.41) is 8.22. The SMILES string of the molecule is CC(C)(C)C=COC(=O)CC(=O)O. The first-order chi connectivity index (χ1) is 5.81. The Bertz CT molecular complexity index is 222. The van der Waals surface area contributed by atoms with E-state index in [1.807, 2.05) is 20.8 Å². The maximum atomic E-state index is 10.7. The quantitative estimate of drug-likeness (QED) is 0.412. The van der Waals surface area contributed by atoms with Crippen LogP contribution in [0, 0.1) is 5.41 Å². The summed E-state index contributed by atoms with van der Waals surface area (Å²) in [5.74, 6) is -1.94. The van der Waals surface area contributed by atoms with Crippen LogP contribution in [-0.4, -0.2) is 17.0 Å². The molecule has 0 aromatic carbocycles. The van der Waals surface area contributed by atoms with Crippen LogP contribution in [0.5, 0.6) is 0 Å². The highest BCUT2D eigenvalue weighted by atomic mass is 16.5. The number of hydrogen-bond donors (Lipinski definition) is 1. The Labute approximate surface area is 77.2 Å². The molecule has 0 aliphatic carbocycles. The zero-order valence-electron chi connectivity index (χ0n) is 8.03. The summed E-state index contributed by atoms with van der Waals surface area (Å²) >= 11 is 0. The van der Waals surface area contributed by atoms with Crippen LogP contribution in [0.25, 0.3) is 0 Å². The Hall–Kier alpha value is -1.32. The molecule has 0 saturated heterocycles. The monoisotopic (exact) mass is 186 g/mol. The number of carboxylic acids is 1. The third-order valence-electron chi connectivity index (χ3n) is 1.06. The summed E-state index contributed by atoms with van der Waals surface area (Å²) in [5.41, 5.74) is -0.0799. The van der Waals surface area contributed by atoms with Crippen molar-refractivity contribution in [1.82, 2.24) is 0 Å². The molecule has 0 aliphatic heterocycles. The fourth-order valence-electron chi connectivity index (χ4n) is 0.479. The van der Waals surface area contributed by atoms with Crippen molar-refractivity contribution < 1.29 is 19.4 Å². The Kier molecular flexibility index (Phi) is 4.17. The lowest BCUT2D eigenvalue weighted by atomic mass is 9.97. The molecule has 0 heterocycles. The molecule has 13 heavy (non-hydrogen) atoms. The van der Waals surface area contributed by atoms with Gasteiger partial charge in [0.1, 0.15) is 6.42 Å². The Morgan fingerprint density at radius 1 is 1.38 bits per heavy atom. The molecule has 4 nitrogen and oxygen atoms in total. The van der Waals surface area contributed by atoms with Crippen LogP contribution in [0.2, 0.25) is 0 Å². The number of ether oxygens (including phenoxy) is 1. The predicted octanol–water partition coefficient (Wildman–Crippen LogP) is 1.56. The highest BCUT2D eigenvalue weighted by Gasteiger charge is 2.08. The largest absolute Gasteiger partial charge is 0.481 e. The third-order valence-corrected chi connectivity index (χ3v) is 1.06. The molecule has 0 bridgehead atoms. The van der Waals surface area contributed by atoms with Gasteiger partial charge in [0.15, 0.2) is 0 Å². The summed E-state index contributed by atoms with van der Waals surface area (Å²) in [6.07, 6.45) is 2.31. The van der Waals surface area contributed by atoms with E-state index in [0.717, 1.165) is 0 Å². The molecule has 4 heteroatoms. The van der Waals surface area contributed by atoms with Gasteiger partial charge in [0.2, 0.25) is 0 Å². The molecule has 0 fully saturated rings. The van der Waals surface area contributed by atoms with Gasteiger partial charge in [0.05, 0.1) is 6.26 Å². The van der Waals surface area contributed by atoms with Crippen LogP contribution < -0.4 is 0 Å². The topological polar surface area (TPSA) is 63.6 Å². The smallest absolute Gasteiger partial charge is 0.321 e. The van der Waals surface area contributed by atoms with E-state index in [4.69, 9.17) is 5.11 Å². The van der Waals surface area contributed by atoms with Crippen molar-refractivity contribution >= 4 is 11.9 Å². The van der Waals surface area contributed by atoms with Crippen molar-refractivity contribution in [2.45, 2.75) is 27.2 Å². The molecule has 0 rings (SSSR count). The number of carbonyl (C=O) groups is 2. The molecule has 1 N–H and O–H groups in total. The van der Waals surface area contributed by atoms with E-state index in [0.29, 0.717) is 0 Å². The van der Waals surface area contributed by atoms with Crippen LogP contribution in [0.15, 0.2) is 12.3 Å². The van der Waals surface area contributed by atoms with E-state index in [1.54, 1.807) is 6.08 Å². The summed E-state index contributed by atoms with van der Waals surface area (Å²) in [6.45, 7) is 5.82. The van der Waals surface area contributed by atoms with Crippen LogP contribution in [0.1, 0.15) is 27.2 Å². The first-order valence-electron chi connectivity index (χ1n) is 3.90. The highest BCUT2D eigenvalue weighted by molar-refractivity contribution is 5.90. The lowest BCUT2D eigenvalue weighted by molar-refractivity contribution is -0.147. The molecule has 0 atom stereocenters. The minimum Gasteiger partial charge on any atom is -0.481 e. The van der Waals surface area contributed by atoms with Crippen LogP contribution >= 0.6 is 0 Å². The molecule has 0 aliphatic rings. The molecule has 0 saturated carbocycles. The lowest BCUT2D eigenvalue weighted by Crippen LogP contribution is -2.08. The molecule has 0 unspecified atom stereocenters. The summed E-state index contributed by atoms with van der Waals surface area (Å²) < 4.78 is 4.53. The molecule has 0 aromatic rings. The maximum Gasteiger partial charge on any atom is 0.321 e. The zero-order chi connectivity index (χ0) is 10.5. The summed E-state index contributed by atoms with van der Waals surface area (Å²) in [6, 6.07) is 0. The first kappa shape index (κ1) is 11.7. The van der Waals surface area contributed by atoms with Gasteiger partial charge in [0, 0.05) is 0 Å². The molecule has 0 spiro atoms. The van der Waals surface area contributed by atoms with Gasteiger partial charge in [0.25, 0.3) is 0 Å². The predicted molar refractivity (Wildman–Crippen MR) is 46.9 cm³/mol. The average molecular weight is 186 g/mol. The second kappa shape index (κ2) is 4.64. The van der Waals surface area contributed by atoms with Gasteiger partial charge < -0.3 is 9.84 Å². The van der Waals surface area contributed by atoms with E-state index in [-0.39, 0.29) is 5.41 Å². The van der Waals surface area contributed by atoms with E-state index in [1.165, 1.54) is 6.26 Å². The van der Waals surface area contributed by atoms with Crippen molar-refractivity contribution in [3.05, 3.63) is 12.3 Å². The minimum absolute atomic E-state index is 0.0799. The maximum absolute atomic E-state index is 10.7. The van der Waals surface area contributed by atoms with Gasteiger partial charge in [-0.05, 0) is 11.5 Å². The second-order valence-electron chi connectivity index (χ2n) is 3.73. The minimum atomic E-state index is -1.19. The molecule has 0 radical (unpaired) electrons. The average Bonchev–Trinajstić information content (AvgIpc) is 1.81. The Balaban J connectivity index is 3.83. The number of carboxylic acid groups (broad SMARTS) is 1. The third kappa shape index (κ3) is 8.59. The number of rotatable bonds is 3. The standard InChI is InChI=1S/C9H14O4/c1-9(2,3)4-5-13-8(12)6-7(10)11/h4-5H,6H2,1-3H3,(H,10,11). The van der Waals surface area contributed by atoms with E-state index < -0.39 is 18.4 Å². The van der Waals surface area contributed by atoms with Crippen molar-refractivity contribution in [3.8, 4) is 0 Å². The van der Waals surface area contributed by atoms with Gasteiger partial charge in [-0.3, -0.25) is 9.59 Å². The van der Waals surface area contributed by atoms with Gasteiger partial charge in [-0.1, -0.05) is 20.8 Å². The van der Waals surface area contributed by atoms with Crippen LogP contribution in [0.3, 0.4) is 0 Å². The molecular formula is C9H14O4. The Morgan fingerprint density at radius 2 is 1.92 bits per heavy atom. The fourth-order valence-corrected chi connectivity index (χ4v) is 0.479. The number of esters is 1. The van der Waals surface area contributed by atoms with Crippen LogP contribution in [0.4, 0.5) is 0 Å². The van der Waals surface area contributed by atoms with Gasteiger partial charge >= 0.3 is 11.9 Å². The lowest BCUT2D eigenvalue weighted by Gasteiger charge is -2.10. The second-order valence-corrected chi connectivity index (χ2v) is 3.73. The van der Waals surface area contributed by atoms with Gasteiger partial charge in [-0.25, -0.2) is 0 Å². The van der Waals surface area contributed by atoms with Crippen molar-refractivity contribution in [1.29, 1.82) is 0 Å². The molecule has 0 aromatic heterocycles. The molecule has 74 valence electrons. The van der Waals surface area contributed by atoms with E-state index in [2.05, 4.69) is 4.74 Å². The number of aliphatic carboxylic acids is 1. The van der Waals surface area contributed by atoms with Crippen molar-refractivity contribution in [3.63, 3.8) is 0 Å². The molecule has 0 amide bonds. The van der Waals surface area contributed by atoms with E-state index in [9.17, 15) is 9.59 Å². The van der Waals surface area contributed by atoms with Crippen LogP contribution in [-0.2, 0) is 14.3 Å². The highest BCUT2D eigenvalue weighted by Crippen LogP contribution is 2.14. The number of allylic oxidation sites excluding steroid dienone is 1. The van der Waals surface area contributed by atoms with Crippen molar-refractivity contribution in [2.24, 2.45) is 5.41 Å². The summed E-state index contributed by atoms with van der Waals surface area (Å²) in [7, 11) is 0. The van der Waals surface area contributed by atoms with E-state index >= 15 is 0 Å². The normalized spacial score (nSPS) is 11.6. The number of hydrogen-bond acceptors (Lipinski definition) is 3. The zero-order valence-corrected chi connectivity index (χ0v) is 8.03. The molecular weight excluding hydrogens is 172 g/mol. The number of carbonyl (C=O) groups excluding carboxylic acids is 1. The van der Waals surface area contributed by atoms with Crippen molar-refractivity contribution in [2.75, 3.05) is 0 Å².